The monoisotopic (exact) mass is 371 g/mol. The number of nitrogens with one attached hydrogen (secondary N) is 1. The maximum Gasteiger partial charge on any atom is 0.279 e. The minimum absolute atomic E-state index is 0.220. The molecule has 0 saturated heterocycles. The molecule has 25 heavy (non-hydrogen) atoms. The molecule has 4 aromatic rings. The number of carbonyl (C=O) groups excluding carboxylic acids is 1. The van der Waals surface area contributed by atoms with Crippen molar-refractivity contribution in [2.24, 2.45) is 0 Å². The normalized spacial score (nSPS) is 10.9. The number of amides is 1. The molecule has 126 valence electrons. The van der Waals surface area contributed by atoms with E-state index in [-0.39, 0.29) is 11.6 Å². The molecule has 0 atom stereocenters. The molecule has 0 unspecified atom stereocenters. The van der Waals surface area contributed by atoms with Crippen molar-refractivity contribution < 1.29 is 14.1 Å². The second-order valence-electron chi connectivity index (χ2n) is 5.09. The number of hydrogen-bond donors (Lipinski definition) is 1. The number of benzene rings is 1. The molecule has 0 spiro atoms. The van der Waals surface area contributed by atoms with Crippen LogP contribution in [0.15, 0.2) is 46.3 Å². The van der Waals surface area contributed by atoms with Crippen molar-refractivity contribution in [1.82, 2.24) is 10.1 Å². The van der Waals surface area contributed by atoms with Crippen molar-refractivity contribution in [3.05, 3.63) is 47.5 Å². The van der Waals surface area contributed by atoms with Gasteiger partial charge >= 0.3 is 0 Å². The maximum atomic E-state index is 12.4. The lowest BCUT2D eigenvalue weighted by Crippen LogP contribution is -2.11. The fourth-order valence-corrected chi connectivity index (χ4v) is 3.86. The predicted octanol–water partition coefficient (Wildman–Crippen LogP) is 4.66. The van der Waals surface area contributed by atoms with Crippen LogP contribution in [0, 0.1) is 0 Å². The van der Waals surface area contributed by atoms with Gasteiger partial charge < -0.3 is 9.26 Å². The van der Waals surface area contributed by atoms with Crippen molar-refractivity contribution in [3.63, 3.8) is 0 Å². The van der Waals surface area contributed by atoms with E-state index >= 15 is 0 Å². The molecule has 6 nitrogen and oxygen atoms in total. The molecule has 4 rings (SSSR count). The van der Waals surface area contributed by atoms with Gasteiger partial charge in [0, 0.05) is 6.07 Å². The van der Waals surface area contributed by atoms with Gasteiger partial charge in [0.25, 0.3) is 5.91 Å². The van der Waals surface area contributed by atoms with Crippen LogP contribution in [0.5, 0.6) is 5.75 Å². The van der Waals surface area contributed by atoms with Gasteiger partial charge in [0.1, 0.15) is 5.75 Å². The molecule has 0 radical (unpaired) electrons. The Morgan fingerprint density at radius 1 is 1.32 bits per heavy atom. The zero-order chi connectivity index (χ0) is 17.2. The summed E-state index contributed by atoms with van der Waals surface area (Å²) in [4.78, 5) is 17.7. The smallest absolute Gasteiger partial charge is 0.279 e. The summed E-state index contributed by atoms with van der Waals surface area (Å²) in [5.74, 6) is 1.01. The third kappa shape index (κ3) is 3.26. The quantitative estimate of drug-likeness (QED) is 0.552. The largest absolute Gasteiger partial charge is 0.494 e. The third-order valence-corrected chi connectivity index (χ3v) is 5.22. The molecule has 0 fully saturated rings. The van der Waals surface area contributed by atoms with Crippen molar-refractivity contribution in [2.75, 3.05) is 11.9 Å². The van der Waals surface area contributed by atoms with Gasteiger partial charge in [-0.25, -0.2) is 4.98 Å². The van der Waals surface area contributed by atoms with Crippen molar-refractivity contribution in [3.8, 4) is 16.4 Å². The number of thiophene rings is 1. The number of anilines is 1. The Morgan fingerprint density at radius 2 is 2.24 bits per heavy atom. The van der Waals surface area contributed by atoms with Crippen molar-refractivity contribution in [2.45, 2.75) is 6.92 Å². The van der Waals surface area contributed by atoms with Crippen LogP contribution in [0.2, 0.25) is 0 Å². The summed E-state index contributed by atoms with van der Waals surface area (Å²) < 4.78 is 11.7. The Labute approximate surface area is 151 Å². The molecule has 1 amide bonds. The second kappa shape index (κ2) is 6.66. The molecular weight excluding hydrogens is 358 g/mol. The summed E-state index contributed by atoms with van der Waals surface area (Å²) >= 11 is 2.91. The Kier molecular flexibility index (Phi) is 4.21. The van der Waals surface area contributed by atoms with Crippen LogP contribution < -0.4 is 10.1 Å². The zero-order valence-electron chi connectivity index (χ0n) is 13.2. The lowest BCUT2D eigenvalue weighted by Gasteiger charge is -2.00. The number of carbonyl (C=O) groups is 1. The van der Waals surface area contributed by atoms with E-state index in [4.69, 9.17) is 9.26 Å². The van der Waals surface area contributed by atoms with E-state index < -0.39 is 0 Å². The van der Waals surface area contributed by atoms with Crippen molar-refractivity contribution >= 4 is 43.9 Å². The zero-order valence-corrected chi connectivity index (χ0v) is 14.8. The molecule has 3 heterocycles. The van der Waals surface area contributed by atoms with E-state index in [2.05, 4.69) is 15.5 Å². The van der Waals surface area contributed by atoms with E-state index in [0.29, 0.717) is 17.5 Å². The molecule has 0 aliphatic rings. The molecule has 3 aromatic heterocycles. The highest BCUT2D eigenvalue weighted by molar-refractivity contribution is 7.22. The first-order chi connectivity index (χ1) is 12.2. The average molecular weight is 371 g/mol. The minimum Gasteiger partial charge on any atom is -0.494 e. The average Bonchev–Trinajstić information content (AvgIpc) is 3.34. The highest BCUT2D eigenvalue weighted by atomic mass is 32.1. The van der Waals surface area contributed by atoms with Gasteiger partial charge in [0.2, 0.25) is 0 Å². The Morgan fingerprint density at radius 3 is 3.04 bits per heavy atom. The molecule has 1 N–H and O–H groups in total. The van der Waals surface area contributed by atoms with E-state index in [9.17, 15) is 4.79 Å². The number of thiazole rings is 1. The topological polar surface area (TPSA) is 77.2 Å². The number of nitrogens with zero attached hydrogens (tertiary/aromatic N) is 2. The minimum atomic E-state index is -0.351. The highest BCUT2D eigenvalue weighted by Crippen LogP contribution is 2.30. The van der Waals surface area contributed by atoms with Gasteiger partial charge in [-0.3, -0.25) is 10.1 Å². The Balaban J connectivity index is 1.53. The highest BCUT2D eigenvalue weighted by Gasteiger charge is 2.16. The van der Waals surface area contributed by atoms with Crippen LogP contribution in [0.3, 0.4) is 0 Å². The van der Waals surface area contributed by atoms with E-state index in [0.717, 1.165) is 20.8 Å². The maximum absolute atomic E-state index is 12.4. The SMILES string of the molecule is CCOc1ccc2nc(NC(=O)c3cc(-c4cccs4)on3)sc2c1. The van der Waals surface area contributed by atoms with Gasteiger partial charge in [0.05, 0.1) is 21.7 Å². The van der Waals surface area contributed by atoms with Crippen LogP contribution in [-0.2, 0) is 0 Å². The van der Waals surface area contributed by atoms with E-state index in [1.807, 2.05) is 42.6 Å². The first-order valence-electron chi connectivity index (χ1n) is 7.58. The standard InChI is InChI=1S/C17H13N3O3S2/c1-2-22-10-5-6-11-15(8-10)25-17(18-11)19-16(21)12-9-13(23-20-12)14-4-3-7-24-14/h3-9H,2H2,1H3,(H,18,19,21). The van der Waals surface area contributed by atoms with Crippen LogP contribution in [0.1, 0.15) is 17.4 Å². The Hall–Kier alpha value is -2.71. The summed E-state index contributed by atoms with van der Waals surface area (Å²) in [6.45, 7) is 2.54. The fourth-order valence-electron chi connectivity index (χ4n) is 2.29. The van der Waals surface area contributed by atoms with E-state index in [1.54, 1.807) is 6.07 Å². The number of fused-ring (bicyclic) bond motifs is 1. The van der Waals surface area contributed by atoms with Crippen LogP contribution in [-0.4, -0.2) is 22.7 Å². The molecule has 1 aromatic carbocycles. The van der Waals surface area contributed by atoms with Gasteiger partial charge in [0.15, 0.2) is 16.6 Å². The van der Waals surface area contributed by atoms with E-state index in [1.165, 1.54) is 22.7 Å². The summed E-state index contributed by atoms with van der Waals surface area (Å²) in [5.41, 5.74) is 1.03. The van der Waals surface area contributed by atoms with Gasteiger partial charge in [-0.2, -0.15) is 0 Å². The summed E-state index contributed by atoms with van der Waals surface area (Å²) in [6.07, 6.45) is 0. The molecule has 0 bridgehead atoms. The van der Waals surface area contributed by atoms with Gasteiger partial charge in [-0.15, -0.1) is 11.3 Å². The van der Waals surface area contributed by atoms with Gasteiger partial charge in [-0.05, 0) is 36.6 Å². The second-order valence-corrected chi connectivity index (χ2v) is 7.07. The number of rotatable bonds is 5. The summed E-state index contributed by atoms with van der Waals surface area (Å²) in [6, 6.07) is 11.1. The fraction of sp³-hybridized carbons (Fsp3) is 0.118. The molecule has 0 aliphatic carbocycles. The lowest BCUT2D eigenvalue weighted by atomic mass is 10.3. The lowest BCUT2D eigenvalue weighted by molar-refractivity contribution is 0.101. The van der Waals surface area contributed by atoms with Crippen LogP contribution >= 0.6 is 22.7 Å². The first-order valence-corrected chi connectivity index (χ1v) is 9.28. The first kappa shape index (κ1) is 15.8. The molecule has 0 aliphatic heterocycles. The summed E-state index contributed by atoms with van der Waals surface area (Å²) in [7, 11) is 0. The molecular formula is C17H13N3O3S2. The van der Waals surface area contributed by atoms with Crippen LogP contribution in [0.25, 0.3) is 20.9 Å². The number of hydrogen-bond acceptors (Lipinski definition) is 7. The predicted molar refractivity (Wildman–Crippen MR) is 98.6 cm³/mol. The number of aromatic nitrogens is 2. The van der Waals surface area contributed by atoms with Crippen molar-refractivity contribution in [1.29, 1.82) is 0 Å². The third-order valence-electron chi connectivity index (χ3n) is 3.40. The molecule has 0 saturated carbocycles. The Bertz CT molecular complexity index is 1020. The van der Waals surface area contributed by atoms with Gasteiger partial charge in [-0.1, -0.05) is 22.6 Å². The number of ether oxygens (including phenoxy) is 1. The van der Waals surface area contributed by atoms with Crippen LogP contribution in [0.4, 0.5) is 5.13 Å². The summed E-state index contributed by atoms with van der Waals surface area (Å²) in [5, 5.41) is 9.05. The molecule has 8 heteroatoms.